The Kier molecular flexibility index (Phi) is 3.79. The van der Waals surface area contributed by atoms with Gasteiger partial charge in [-0.05, 0) is 45.7 Å². The van der Waals surface area contributed by atoms with E-state index in [1.807, 2.05) is 4.90 Å². The number of hydrogen-bond donors (Lipinski definition) is 1. The average Bonchev–Trinajstić information content (AvgIpc) is 2.63. The van der Waals surface area contributed by atoms with Gasteiger partial charge in [0.15, 0.2) is 0 Å². The lowest BCUT2D eigenvalue weighted by molar-refractivity contribution is -0.114. The smallest absolute Gasteiger partial charge is 0.273 e. The van der Waals surface area contributed by atoms with E-state index in [0.717, 1.165) is 12.8 Å². The number of anilines is 1. The molecule has 0 saturated carbocycles. The Bertz CT molecular complexity index is 522. The van der Waals surface area contributed by atoms with Crippen molar-refractivity contribution in [2.24, 2.45) is 0 Å². The van der Waals surface area contributed by atoms with Crippen molar-refractivity contribution in [3.63, 3.8) is 0 Å². The molecule has 0 aliphatic carbocycles. The standard InChI is InChI=1S/C15H21N3O2/c1-10-7-8-15(3,4)18(10)14(20)13-6-5-12(9-16-13)17-11(2)19/h5-6,9-10H,7-8H2,1-4H3,(H,17,19). The van der Waals surface area contributed by atoms with E-state index in [9.17, 15) is 9.59 Å². The third-order valence-corrected chi connectivity index (χ3v) is 3.79. The molecule has 0 spiro atoms. The van der Waals surface area contributed by atoms with Crippen molar-refractivity contribution in [1.29, 1.82) is 0 Å². The number of aromatic nitrogens is 1. The summed E-state index contributed by atoms with van der Waals surface area (Å²) in [5.74, 6) is -0.199. The molecule has 1 aliphatic rings. The Balaban J connectivity index is 2.19. The minimum atomic E-state index is -0.153. The number of pyridine rings is 1. The van der Waals surface area contributed by atoms with E-state index in [1.54, 1.807) is 12.1 Å². The third-order valence-electron chi connectivity index (χ3n) is 3.79. The Hall–Kier alpha value is -1.91. The summed E-state index contributed by atoms with van der Waals surface area (Å²) in [6.07, 6.45) is 3.54. The zero-order chi connectivity index (χ0) is 14.9. The topological polar surface area (TPSA) is 62.3 Å². The first kappa shape index (κ1) is 14.5. The zero-order valence-corrected chi connectivity index (χ0v) is 12.4. The molecule has 20 heavy (non-hydrogen) atoms. The molecule has 0 aromatic carbocycles. The van der Waals surface area contributed by atoms with Crippen LogP contribution in [0, 0.1) is 0 Å². The molecule has 108 valence electrons. The van der Waals surface area contributed by atoms with Gasteiger partial charge in [-0.25, -0.2) is 4.98 Å². The lowest BCUT2D eigenvalue weighted by Gasteiger charge is -2.34. The number of hydrogen-bond acceptors (Lipinski definition) is 3. The van der Waals surface area contributed by atoms with Gasteiger partial charge < -0.3 is 10.2 Å². The molecule has 2 amide bonds. The van der Waals surface area contributed by atoms with E-state index in [1.165, 1.54) is 13.1 Å². The first-order valence-electron chi connectivity index (χ1n) is 6.88. The van der Waals surface area contributed by atoms with Crippen LogP contribution in [-0.2, 0) is 4.79 Å². The maximum atomic E-state index is 12.6. The van der Waals surface area contributed by atoms with Crippen molar-refractivity contribution in [3.05, 3.63) is 24.0 Å². The molecule has 1 aromatic rings. The highest BCUT2D eigenvalue weighted by Gasteiger charge is 2.40. The molecule has 1 unspecified atom stereocenters. The second kappa shape index (κ2) is 5.23. The molecule has 2 heterocycles. The first-order chi connectivity index (χ1) is 9.31. The van der Waals surface area contributed by atoms with Gasteiger partial charge in [-0.3, -0.25) is 9.59 Å². The second-order valence-corrected chi connectivity index (χ2v) is 5.99. The average molecular weight is 275 g/mol. The molecule has 1 N–H and O–H groups in total. The van der Waals surface area contributed by atoms with Crippen LogP contribution in [0.2, 0.25) is 0 Å². The van der Waals surface area contributed by atoms with Crippen LogP contribution in [0.25, 0.3) is 0 Å². The Morgan fingerprint density at radius 3 is 2.55 bits per heavy atom. The summed E-state index contributed by atoms with van der Waals surface area (Å²) >= 11 is 0. The predicted molar refractivity (Wildman–Crippen MR) is 77.5 cm³/mol. The molecule has 1 atom stereocenters. The number of amides is 2. The van der Waals surface area contributed by atoms with Crippen LogP contribution < -0.4 is 5.32 Å². The van der Waals surface area contributed by atoms with E-state index in [2.05, 4.69) is 31.1 Å². The Morgan fingerprint density at radius 2 is 2.10 bits per heavy atom. The SMILES string of the molecule is CC(=O)Nc1ccc(C(=O)N2C(C)CCC2(C)C)nc1. The minimum absolute atomic E-state index is 0.0469. The summed E-state index contributed by atoms with van der Waals surface area (Å²) in [4.78, 5) is 29.6. The quantitative estimate of drug-likeness (QED) is 0.901. The molecule has 1 fully saturated rings. The van der Waals surface area contributed by atoms with Gasteiger partial charge in [0.25, 0.3) is 5.91 Å². The molecular weight excluding hydrogens is 254 g/mol. The van der Waals surface area contributed by atoms with Gasteiger partial charge >= 0.3 is 0 Å². The summed E-state index contributed by atoms with van der Waals surface area (Å²) in [7, 11) is 0. The number of nitrogens with one attached hydrogen (secondary N) is 1. The molecule has 1 aliphatic heterocycles. The van der Waals surface area contributed by atoms with Gasteiger partial charge in [-0.2, -0.15) is 0 Å². The molecule has 0 radical (unpaired) electrons. The molecular formula is C15H21N3O2. The van der Waals surface area contributed by atoms with Crippen molar-refractivity contribution in [1.82, 2.24) is 9.88 Å². The molecule has 5 heteroatoms. The van der Waals surface area contributed by atoms with Crippen LogP contribution in [0.3, 0.4) is 0 Å². The van der Waals surface area contributed by atoms with Gasteiger partial charge in [-0.15, -0.1) is 0 Å². The van der Waals surface area contributed by atoms with Gasteiger partial charge in [0.2, 0.25) is 5.91 Å². The summed E-state index contributed by atoms with van der Waals surface area (Å²) in [6.45, 7) is 7.67. The summed E-state index contributed by atoms with van der Waals surface area (Å²) in [5, 5.41) is 2.64. The highest BCUT2D eigenvalue weighted by Crippen LogP contribution is 2.34. The fourth-order valence-electron chi connectivity index (χ4n) is 2.80. The fourth-order valence-corrected chi connectivity index (χ4v) is 2.80. The van der Waals surface area contributed by atoms with Crippen LogP contribution in [0.15, 0.2) is 18.3 Å². The van der Waals surface area contributed by atoms with Gasteiger partial charge in [0, 0.05) is 18.5 Å². The maximum Gasteiger partial charge on any atom is 0.273 e. The van der Waals surface area contributed by atoms with Crippen molar-refractivity contribution in [2.75, 3.05) is 5.32 Å². The molecule has 5 nitrogen and oxygen atoms in total. The molecule has 0 bridgehead atoms. The van der Waals surface area contributed by atoms with E-state index in [4.69, 9.17) is 0 Å². The molecule has 2 rings (SSSR count). The Labute approximate surface area is 119 Å². The third kappa shape index (κ3) is 2.81. The largest absolute Gasteiger partial charge is 0.329 e. The van der Waals surface area contributed by atoms with Crippen LogP contribution in [0.5, 0.6) is 0 Å². The number of rotatable bonds is 2. The Morgan fingerprint density at radius 1 is 1.40 bits per heavy atom. The minimum Gasteiger partial charge on any atom is -0.329 e. The summed E-state index contributed by atoms with van der Waals surface area (Å²) in [5.41, 5.74) is 0.887. The van der Waals surface area contributed by atoms with Crippen LogP contribution >= 0.6 is 0 Å². The number of carbonyl (C=O) groups excluding carboxylic acids is 2. The van der Waals surface area contributed by atoms with E-state index in [0.29, 0.717) is 11.4 Å². The van der Waals surface area contributed by atoms with Gasteiger partial charge in [0.05, 0.1) is 11.9 Å². The van der Waals surface area contributed by atoms with E-state index >= 15 is 0 Å². The first-order valence-corrected chi connectivity index (χ1v) is 6.88. The van der Waals surface area contributed by atoms with E-state index < -0.39 is 0 Å². The zero-order valence-electron chi connectivity index (χ0n) is 12.4. The van der Waals surface area contributed by atoms with Gasteiger partial charge in [0.1, 0.15) is 5.69 Å². The van der Waals surface area contributed by atoms with Gasteiger partial charge in [-0.1, -0.05) is 0 Å². The summed E-state index contributed by atoms with van der Waals surface area (Å²) < 4.78 is 0. The fraction of sp³-hybridized carbons (Fsp3) is 0.533. The highest BCUT2D eigenvalue weighted by molar-refractivity contribution is 5.94. The number of nitrogens with zero attached hydrogens (tertiary/aromatic N) is 2. The molecule has 1 aromatic heterocycles. The second-order valence-electron chi connectivity index (χ2n) is 5.99. The van der Waals surface area contributed by atoms with Crippen LogP contribution in [-0.4, -0.2) is 33.3 Å². The number of likely N-dealkylation sites (tertiary alicyclic amines) is 1. The van der Waals surface area contributed by atoms with Crippen LogP contribution in [0.1, 0.15) is 51.0 Å². The normalized spacial score (nSPS) is 20.8. The highest BCUT2D eigenvalue weighted by atomic mass is 16.2. The van der Waals surface area contributed by atoms with Crippen molar-refractivity contribution < 1.29 is 9.59 Å². The van der Waals surface area contributed by atoms with Crippen LogP contribution in [0.4, 0.5) is 5.69 Å². The monoisotopic (exact) mass is 275 g/mol. The van der Waals surface area contributed by atoms with Crippen molar-refractivity contribution in [3.8, 4) is 0 Å². The maximum absolute atomic E-state index is 12.6. The number of carbonyl (C=O) groups is 2. The lowest BCUT2D eigenvalue weighted by atomic mass is 10.0. The van der Waals surface area contributed by atoms with Crippen molar-refractivity contribution >= 4 is 17.5 Å². The van der Waals surface area contributed by atoms with E-state index in [-0.39, 0.29) is 23.4 Å². The predicted octanol–water partition coefficient (Wildman–Crippen LogP) is 2.44. The summed E-state index contributed by atoms with van der Waals surface area (Å²) in [6, 6.07) is 3.60. The lowest BCUT2D eigenvalue weighted by Crippen LogP contribution is -2.46. The molecule has 1 saturated heterocycles. The van der Waals surface area contributed by atoms with Crippen molar-refractivity contribution in [2.45, 2.75) is 52.1 Å².